The number of aryl methyl sites for hydroxylation is 1. The number of hydrogen-bond donors (Lipinski definition) is 1. The van der Waals surface area contributed by atoms with E-state index in [0.29, 0.717) is 6.54 Å². The highest BCUT2D eigenvalue weighted by molar-refractivity contribution is 5.53. The fraction of sp³-hybridized carbons (Fsp3) is 0.250. The average Bonchev–Trinajstić information content (AvgIpc) is 2.40. The van der Waals surface area contributed by atoms with Crippen LogP contribution in [0.2, 0.25) is 0 Å². The zero-order chi connectivity index (χ0) is 12.8. The van der Waals surface area contributed by atoms with Crippen molar-refractivity contribution in [2.24, 2.45) is 0 Å². The lowest BCUT2D eigenvalue weighted by molar-refractivity contribution is 0.301. The maximum atomic E-state index is 9.23. The summed E-state index contributed by atoms with van der Waals surface area (Å²) in [6.07, 6.45) is 0. The number of aliphatic hydroxyl groups excluding tert-OH is 1. The second-order valence-electron chi connectivity index (χ2n) is 4.42. The van der Waals surface area contributed by atoms with Crippen LogP contribution >= 0.6 is 0 Å². The van der Waals surface area contributed by atoms with E-state index in [1.54, 1.807) is 0 Å². The molecular weight excluding hydrogens is 222 g/mol. The molecule has 0 aromatic heterocycles. The van der Waals surface area contributed by atoms with E-state index >= 15 is 0 Å². The molecule has 0 radical (unpaired) electrons. The summed E-state index contributed by atoms with van der Waals surface area (Å²) in [5.41, 5.74) is 3.69. The molecule has 2 rings (SSSR count). The summed E-state index contributed by atoms with van der Waals surface area (Å²) in [6.45, 7) is 3.75. The molecule has 1 N–H and O–H groups in total. The van der Waals surface area contributed by atoms with Crippen LogP contribution in [0.4, 0.5) is 5.69 Å². The van der Waals surface area contributed by atoms with Gasteiger partial charge in [0, 0.05) is 18.8 Å². The average molecular weight is 241 g/mol. The Hall–Kier alpha value is -1.80. The SMILES string of the molecule is Cc1ccccc1N(CCO)Cc1ccccc1. The van der Waals surface area contributed by atoms with Gasteiger partial charge in [-0.05, 0) is 24.1 Å². The van der Waals surface area contributed by atoms with E-state index in [0.717, 1.165) is 6.54 Å². The van der Waals surface area contributed by atoms with Crippen LogP contribution in [-0.2, 0) is 6.54 Å². The van der Waals surface area contributed by atoms with Gasteiger partial charge in [0.1, 0.15) is 0 Å². The molecule has 2 nitrogen and oxygen atoms in total. The van der Waals surface area contributed by atoms with Crippen LogP contribution < -0.4 is 4.90 Å². The molecule has 0 spiro atoms. The molecule has 0 unspecified atom stereocenters. The van der Waals surface area contributed by atoms with Crippen LogP contribution in [0.25, 0.3) is 0 Å². The molecule has 94 valence electrons. The van der Waals surface area contributed by atoms with Crippen molar-refractivity contribution < 1.29 is 5.11 Å². The van der Waals surface area contributed by atoms with Crippen LogP contribution in [0, 0.1) is 6.92 Å². The molecule has 0 atom stereocenters. The Morgan fingerprint density at radius 1 is 0.944 bits per heavy atom. The number of hydrogen-bond acceptors (Lipinski definition) is 2. The van der Waals surface area contributed by atoms with Gasteiger partial charge < -0.3 is 10.0 Å². The molecule has 0 aliphatic rings. The van der Waals surface area contributed by atoms with E-state index in [2.05, 4.69) is 36.1 Å². The topological polar surface area (TPSA) is 23.5 Å². The van der Waals surface area contributed by atoms with Crippen molar-refractivity contribution in [1.82, 2.24) is 0 Å². The van der Waals surface area contributed by atoms with Gasteiger partial charge in [-0.25, -0.2) is 0 Å². The monoisotopic (exact) mass is 241 g/mol. The Morgan fingerprint density at radius 3 is 2.28 bits per heavy atom. The van der Waals surface area contributed by atoms with Crippen molar-refractivity contribution in [2.45, 2.75) is 13.5 Å². The Labute approximate surface area is 109 Å². The van der Waals surface area contributed by atoms with Gasteiger partial charge in [0.2, 0.25) is 0 Å². The highest BCUT2D eigenvalue weighted by Gasteiger charge is 2.08. The lowest BCUT2D eigenvalue weighted by Gasteiger charge is -2.25. The molecule has 0 saturated heterocycles. The standard InChI is InChI=1S/C16H19NO/c1-14-7-5-6-10-16(14)17(11-12-18)13-15-8-3-2-4-9-15/h2-10,18H,11-13H2,1H3. The van der Waals surface area contributed by atoms with Crippen molar-refractivity contribution in [3.8, 4) is 0 Å². The zero-order valence-electron chi connectivity index (χ0n) is 10.7. The first-order valence-electron chi connectivity index (χ1n) is 6.26. The summed E-state index contributed by atoms with van der Waals surface area (Å²) < 4.78 is 0. The van der Waals surface area contributed by atoms with E-state index in [9.17, 15) is 5.11 Å². The summed E-state index contributed by atoms with van der Waals surface area (Å²) in [5.74, 6) is 0. The molecule has 0 fully saturated rings. The summed E-state index contributed by atoms with van der Waals surface area (Å²) in [6, 6.07) is 18.6. The first-order valence-corrected chi connectivity index (χ1v) is 6.26. The van der Waals surface area contributed by atoms with E-state index in [1.165, 1.54) is 16.8 Å². The first kappa shape index (κ1) is 12.7. The molecule has 0 amide bonds. The second-order valence-corrected chi connectivity index (χ2v) is 4.42. The highest BCUT2D eigenvalue weighted by atomic mass is 16.3. The quantitative estimate of drug-likeness (QED) is 0.870. The summed E-state index contributed by atoms with van der Waals surface area (Å²) in [4.78, 5) is 2.21. The van der Waals surface area contributed by atoms with Crippen molar-refractivity contribution >= 4 is 5.69 Å². The molecule has 18 heavy (non-hydrogen) atoms. The number of benzene rings is 2. The fourth-order valence-electron chi connectivity index (χ4n) is 2.13. The second kappa shape index (κ2) is 6.22. The largest absolute Gasteiger partial charge is 0.395 e. The summed E-state index contributed by atoms with van der Waals surface area (Å²) in [7, 11) is 0. The molecular formula is C16H19NO. The van der Waals surface area contributed by atoms with Crippen LogP contribution in [-0.4, -0.2) is 18.3 Å². The Bertz CT molecular complexity index is 481. The van der Waals surface area contributed by atoms with Gasteiger partial charge in [-0.1, -0.05) is 48.5 Å². The predicted octanol–water partition coefficient (Wildman–Crippen LogP) is 2.99. The van der Waals surface area contributed by atoms with Crippen LogP contribution in [0.5, 0.6) is 0 Å². The normalized spacial score (nSPS) is 10.3. The van der Waals surface area contributed by atoms with Gasteiger partial charge in [0.25, 0.3) is 0 Å². The Balaban J connectivity index is 2.21. The smallest absolute Gasteiger partial charge is 0.0606 e. The third-order valence-corrected chi connectivity index (χ3v) is 3.04. The molecule has 2 aromatic rings. The fourth-order valence-corrected chi connectivity index (χ4v) is 2.13. The van der Waals surface area contributed by atoms with Gasteiger partial charge in [-0.2, -0.15) is 0 Å². The van der Waals surface area contributed by atoms with E-state index in [-0.39, 0.29) is 6.61 Å². The number of nitrogens with zero attached hydrogens (tertiary/aromatic N) is 1. The van der Waals surface area contributed by atoms with E-state index in [1.807, 2.05) is 30.3 Å². The Kier molecular flexibility index (Phi) is 4.37. The van der Waals surface area contributed by atoms with E-state index in [4.69, 9.17) is 0 Å². The summed E-state index contributed by atoms with van der Waals surface area (Å²) in [5, 5.41) is 9.23. The molecule has 0 heterocycles. The van der Waals surface area contributed by atoms with Crippen LogP contribution in [0.15, 0.2) is 54.6 Å². The predicted molar refractivity (Wildman–Crippen MR) is 75.8 cm³/mol. The minimum atomic E-state index is 0.168. The van der Waals surface area contributed by atoms with E-state index < -0.39 is 0 Å². The molecule has 2 aromatic carbocycles. The zero-order valence-corrected chi connectivity index (χ0v) is 10.7. The van der Waals surface area contributed by atoms with Gasteiger partial charge >= 0.3 is 0 Å². The maximum absolute atomic E-state index is 9.23. The molecule has 0 aliphatic heterocycles. The minimum absolute atomic E-state index is 0.168. The van der Waals surface area contributed by atoms with Gasteiger partial charge in [0.05, 0.1) is 6.61 Å². The van der Waals surface area contributed by atoms with Crippen molar-refractivity contribution in [1.29, 1.82) is 0 Å². The summed E-state index contributed by atoms with van der Waals surface area (Å²) >= 11 is 0. The highest BCUT2D eigenvalue weighted by Crippen LogP contribution is 2.21. The maximum Gasteiger partial charge on any atom is 0.0606 e. The third-order valence-electron chi connectivity index (χ3n) is 3.04. The van der Waals surface area contributed by atoms with Gasteiger partial charge in [-0.3, -0.25) is 0 Å². The van der Waals surface area contributed by atoms with Gasteiger partial charge in [-0.15, -0.1) is 0 Å². The first-order chi connectivity index (χ1) is 8.81. The van der Waals surface area contributed by atoms with Crippen molar-refractivity contribution in [2.75, 3.05) is 18.1 Å². The van der Waals surface area contributed by atoms with Crippen LogP contribution in [0.3, 0.4) is 0 Å². The number of anilines is 1. The number of rotatable bonds is 5. The molecule has 0 saturated carbocycles. The van der Waals surface area contributed by atoms with Crippen LogP contribution in [0.1, 0.15) is 11.1 Å². The molecule has 2 heteroatoms. The lowest BCUT2D eigenvalue weighted by Crippen LogP contribution is -2.26. The van der Waals surface area contributed by atoms with Crippen molar-refractivity contribution in [3.05, 3.63) is 65.7 Å². The van der Waals surface area contributed by atoms with Crippen molar-refractivity contribution in [3.63, 3.8) is 0 Å². The number of aliphatic hydroxyl groups is 1. The lowest BCUT2D eigenvalue weighted by atomic mass is 10.1. The number of para-hydroxylation sites is 1. The third kappa shape index (κ3) is 3.11. The minimum Gasteiger partial charge on any atom is -0.395 e. The van der Waals surface area contributed by atoms with Gasteiger partial charge in [0.15, 0.2) is 0 Å². The molecule has 0 bridgehead atoms. The Morgan fingerprint density at radius 2 is 1.61 bits per heavy atom. The molecule has 0 aliphatic carbocycles.